The van der Waals surface area contributed by atoms with Crippen molar-refractivity contribution < 1.29 is 22.3 Å². The van der Waals surface area contributed by atoms with Crippen molar-refractivity contribution in [3.8, 4) is 5.75 Å². The fourth-order valence-corrected chi connectivity index (χ4v) is 1.13. The molecule has 1 aromatic rings. The van der Waals surface area contributed by atoms with E-state index < -0.39 is 17.9 Å². The summed E-state index contributed by atoms with van der Waals surface area (Å²) in [6.07, 6.45) is -1.81. The Bertz CT molecular complexity index is 387. The van der Waals surface area contributed by atoms with E-state index >= 15 is 0 Å². The molecule has 0 aliphatic carbocycles. The Morgan fingerprint density at radius 2 is 2.00 bits per heavy atom. The number of hydrogen-bond acceptors (Lipinski definition) is 2. The molecule has 1 aromatic carbocycles. The van der Waals surface area contributed by atoms with Gasteiger partial charge < -0.3 is 4.74 Å². The SMILES string of the molecule is Fc1cc(OC(F)(F)F)ccc1C=CCS. The summed E-state index contributed by atoms with van der Waals surface area (Å²) in [6, 6.07) is 2.94. The van der Waals surface area contributed by atoms with Gasteiger partial charge in [-0.25, -0.2) is 4.39 Å². The summed E-state index contributed by atoms with van der Waals surface area (Å²) in [4.78, 5) is 0. The zero-order valence-electron chi connectivity index (χ0n) is 7.96. The minimum atomic E-state index is -4.81. The van der Waals surface area contributed by atoms with Crippen molar-refractivity contribution in [2.24, 2.45) is 0 Å². The first-order valence-electron chi connectivity index (χ1n) is 4.25. The lowest BCUT2D eigenvalue weighted by Gasteiger charge is -2.09. The fourth-order valence-electron chi connectivity index (χ4n) is 1.02. The van der Waals surface area contributed by atoms with Crippen molar-refractivity contribution in [2.75, 3.05) is 5.75 Å². The van der Waals surface area contributed by atoms with E-state index in [9.17, 15) is 17.6 Å². The topological polar surface area (TPSA) is 9.23 Å². The van der Waals surface area contributed by atoms with E-state index in [0.29, 0.717) is 11.8 Å². The molecule has 88 valence electrons. The van der Waals surface area contributed by atoms with Gasteiger partial charge in [-0.3, -0.25) is 0 Å². The Morgan fingerprint density at radius 3 is 2.50 bits per heavy atom. The lowest BCUT2D eigenvalue weighted by Crippen LogP contribution is -2.17. The highest BCUT2D eigenvalue weighted by molar-refractivity contribution is 7.80. The predicted octanol–water partition coefficient (Wildman–Crippen LogP) is 3.67. The largest absolute Gasteiger partial charge is 0.573 e. The van der Waals surface area contributed by atoms with Gasteiger partial charge in [-0.2, -0.15) is 12.6 Å². The molecule has 0 aromatic heterocycles. The van der Waals surface area contributed by atoms with Crippen molar-refractivity contribution in [1.82, 2.24) is 0 Å². The van der Waals surface area contributed by atoms with Gasteiger partial charge in [-0.1, -0.05) is 12.2 Å². The normalized spacial score (nSPS) is 12.1. The average molecular weight is 252 g/mol. The molecule has 0 bridgehead atoms. The number of thiol groups is 1. The summed E-state index contributed by atoms with van der Waals surface area (Å²) < 4.78 is 52.2. The van der Waals surface area contributed by atoms with Gasteiger partial charge >= 0.3 is 6.36 Å². The molecule has 0 N–H and O–H groups in total. The molecule has 6 heteroatoms. The molecule has 0 saturated heterocycles. The summed E-state index contributed by atoms with van der Waals surface area (Å²) in [6.45, 7) is 0. The molecular formula is C10H8F4OS. The first-order valence-corrected chi connectivity index (χ1v) is 4.88. The van der Waals surface area contributed by atoms with Gasteiger partial charge in [0, 0.05) is 17.4 Å². The van der Waals surface area contributed by atoms with Gasteiger partial charge in [0.1, 0.15) is 11.6 Å². The number of benzene rings is 1. The van der Waals surface area contributed by atoms with Gasteiger partial charge in [-0.15, -0.1) is 13.2 Å². The van der Waals surface area contributed by atoms with Crippen molar-refractivity contribution >= 4 is 18.7 Å². The van der Waals surface area contributed by atoms with Crippen LogP contribution in [0.1, 0.15) is 5.56 Å². The minimum Gasteiger partial charge on any atom is -0.406 e. The lowest BCUT2D eigenvalue weighted by molar-refractivity contribution is -0.274. The smallest absolute Gasteiger partial charge is 0.406 e. The Kier molecular flexibility index (Phi) is 4.23. The first kappa shape index (κ1) is 12.9. The third-order valence-corrected chi connectivity index (χ3v) is 1.82. The van der Waals surface area contributed by atoms with Crippen LogP contribution in [-0.2, 0) is 0 Å². The van der Waals surface area contributed by atoms with E-state index in [1.165, 1.54) is 12.1 Å². The Balaban J connectivity index is 2.87. The van der Waals surface area contributed by atoms with Crippen LogP contribution in [-0.4, -0.2) is 12.1 Å². The third-order valence-electron chi connectivity index (χ3n) is 1.61. The molecule has 1 nitrogen and oxygen atoms in total. The molecular weight excluding hydrogens is 244 g/mol. The van der Waals surface area contributed by atoms with Gasteiger partial charge in [0.2, 0.25) is 0 Å². The van der Waals surface area contributed by atoms with E-state index in [1.807, 2.05) is 0 Å². The zero-order chi connectivity index (χ0) is 12.2. The molecule has 0 radical (unpaired) electrons. The predicted molar refractivity (Wildman–Crippen MR) is 56.0 cm³/mol. The summed E-state index contributed by atoms with van der Waals surface area (Å²) in [5.74, 6) is -0.937. The first-order chi connectivity index (χ1) is 7.42. The molecule has 0 saturated carbocycles. The molecule has 0 atom stereocenters. The third kappa shape index (κ3) is 4.14. The van der Waals surface area contributed by atoms with Crippen LogP contribution in [0.3, 0.4) is 0 Å². The van der Waals surface area contributed by atoms with Gasteiger partial charge in [0.25, 0.3) is 0 Å². The Labute approximate surface area is 95.1 Å². The quantitative estimate of drug-likeness (QED) is 0.638. The number of rotatable bonds is 3. The maximum Gasteiger partial charge on any atom is 0.573 e. The van der Waals surface area contributed by atoms with Gasteiger partial charge in [0.05, 0.1) is 0 Å². The maximum atomic E-state index is 13.2. The fraction of sp³-hybridized carbons (Fsp3) is 0.200. The molecule has 0 aliphatic rings. The Hall–Kier alpha value is -1.17. The highest BCUT2D eigenvalue weighted by Gasteiger charge is 2.31. The van der Waals surface area contributed by atoms with Crippen LogP contribution in [0, 0.1) is 5.82 Å². The molecule has 0 heterocycles. The van der Waals surface area contributed by atoms with E-state index in [1.54, 1.807) is 6.08 Å². The van der Waals surface area contributed by atoms with Crippen LogP contribution in [0.25, 0.3) is 6.08 Å². The van der Waals surface area contributed by atoms with Crippen LogP contribution in [0.4, 0.5) is 17.6 Å². The standard InChI is InChI=1S/C10H8F4OS/c11-9-6-8(15-10(12,13)14)4-3-7(9)2-1-5-16/h1-4,6,16H,5H2. The van der Waals surface area contributed by atoms with E-state index in [-0.39, 0.29) is 5.56 Å². The van der Waals surface area contributed by atoms with Crippen molar-refractivity contribution in [1.29, 1.82) is 0 Å². The summed E-state index contributed by atoms with van der Waals surface area (Å²) in [7, 11) is 0. The molecule has 16 heavy (non-hydrogen) atoms. The van der Waals surface area contributed by atoms with Gasteiger partial charge in [0.15, 0.2) is 0 Å². The van der Waals surface area contributed by atoms with Crippen LogP contribution in [0.5, 0.6) is 5.75 Å². The van der Waals surface area contributed by atoms with Crippen LogP contribution >= 0.6 is 12.6 Å². The van der Waals surface area contributed by atoms with Gasteiger partial charge in [-0.05, 0) is 12.1 Å². The lowest BCUT2D eigenvalue weighted by atomic mass is 10.2. The summed E-state index contributed by atoms with van der Waals surface area (Å²) in [5.41, 5.74) is 0.184. The number of halogens is 4. The maximum absolute atomic E-state index is 13.2. The highest BCUT2D eigenvalue weighted by atomic mass is 32.1. The highest BCUT2D eigenvalue weighted by Crippen LogP contribution is 2.24. The average Bonchev–Trinajstić information content (AvgIpc) is 2.14. The second-order valence-corrected chi connectivity index (χ2v) is 3.18. The number of ether oxygens (including phenoxy) is 1. The van der Waals surface area contributed by atoms with E-state index in [2.05, 4.69) is 17.4 Å². The van der Waals surface area contributed by atoms with Crippen LogP contribution in [0.2, 0.25) is 0 Å². The van der Waals surface area contributed by atoms with Crippen molar-refractivity contribution in [3.63, 3.8) is 0 Å². The molecule has 0 spiro atoms. The second-order valence-electron chi connectivity index (χ2n) is 2.82. The second kappa shape index (κ2) is 5.25. The number of hydrogen-bond donors (Lipinski definition) is 1. The summed E-state index contributed by atoms with van der Waals surface area (Å²) in [5, 5.41) is 0. The monoisotopic (exact) mass is 252 g/mol. The van der Waals surface area contributed by atoms with Crippen LogP contribution < -0.4 is 4.74 Å². The minimum absolute atomic E-state index is 0.184. The van der Waals surface area contributed by atoms with Crippen LogP contribution in [0.15, 0.2) is 24.3 Å². The Morgan fingerprint density at radius 1 is 1.31 bits per heavy atom. The van der Waals surface area contributed by atoms with E-state index in [4.69, 9.17) is 0 Å². The van der Waals surface area contributed by atoms with E-state index in [0.717, 1.165) is 6.07 Å². The zero-order valence-corrected chi connectivity index (χ0v) is 8.86. The number of alkyl halides is 3. The molecule has 1 rings (SSSR count). The summed E-state index contributed by atoms with van der Waals surface area (Å²) >= 11 is 3.88. The molecule has 0 unspecified atom stereocenters. The molecule has 0 fully saturated rings. The van der Waals surface area contributed by atoms with Crippen molar-refractivity contribution in [2.45, 2.75) is 6.36 Å². The van der Waals surface area contributed by atoms with Crippen molar-refractivity contribution in [3.05, 3.63) is 35.7 Å². The molecule has 0 amide bonds. The molecule has 0 aliphatic heterocycles.